The average molecular weight is 332 g/mol. The molecule has 3 nitrogen and oxygen atoms in total. The second-order valence-electron chi connectivity index (χ2n) is 4.94. The van der Waals surface area contributed by atoms with E-state index in [-0.39, 0.29) is 0 Å². The van der Waals surface area contributed by atoms with Gasteiger partial charge in [0.15, 0.2) is 0 Å². The van der Waals surface area contributed by atoms with E-state index in [0.29, 0.717) is 13.0 Å². The molecule has 1 aliphatic heterocycles. The van der Waals surface area contributed by atoms with Crippen LogP contribution in [0.3, 0.4) is 0 Å². The van der Waals surface area contributed by atoms with Gasteiger partial charge in [0.05, 0.1) is 0 Å². The van der Waals surface area contributed by atoms with E-state index in [1.165, 1.54) is 0 Å². The van der Waals surface area contributed by atoms with Crippen molar-refractivity contribution < 1.29 is 9.90 Å². The first-order valence-corrected chi connectivity index (χ1v) is 7.26. The Morgan fingerprint density at radius 1 is 1.25 bits per heavy atom. The standard InChI is InChI=1S/C16H14BrNO2/c17-13-6-3-4-11(8-13)10-18-14-7-2-1-5-12(14)9-15(18)16(19)20/h1-8,15H,9-10H2,(H,19,20). The van der Waals surface area contributed by atoms with Crippen LogP contribution in [-0.2, 0) is 17.8 Å². The van der Waals surface area contributed by atoms with E-state index in [1.54, 1.807) is 0 Å². The van der Waals surface area contributed by atoms with Gasteiger partial charge in [-0.2, -0.15) is 0 Å². The van der Waals surface area contributed by atoms with Gasteiger partial charge in [-0.1, -0.05) is 46.3 Å². The minimum absolute atomic E-state index is 0.480. The second-order valence-corrected chi connectivity index (χ2v) is 5.86. The number of hydrogen-bond acceptors (Lipinski definition) is 2. The first-order valence-electron chi connectivity index (χ1n) is 6.47. The zero-order chi connectivity index (χ0) is 14.1. The molecule has 102 valence electrons. The van der Waals surface area contributed by atoms with Gasteiger partial charge in [0.2, 0.25) is 0 Å². The zero-order valence-corrected chi connectivity index (χ0v) is 12.4. The molecule has 0 spiro atoms. The van der Waals surface area contributed by atoms with Gasteiger partial charge in [0, 0.05) is 23.1 Å². The van der Waals surface area contributed by atoms with E-state index in [1.807, 2.05) is 53.4 Å². The highest BCUT2D eigenvalue weighted by atomic mass is 79.9. The number of para-hydroxylation sites is 1. The molecule has 4 heteroatoms. The summed E-state index contributed by atoms with van der Waals surface area (Å²) in [7, 11) is 0. The van der Waals surface area contributed by atoms with E-state index in [2.05, 4.69) is 15.9 Å². The molecule has 2 aromatic rings. The van der Waals surface area contributed by atoms with Crippen LogP contribution in [0.25, 0.3) is 0 Å². The molecule has 20 heavy (non-hydrogen) atoms. The summed E-state index contributed by atoms with van der Waals surface area (Å²) in [6.45, 7) is 0.605. The summed E-state index contributed by atoms with van der Waals surface area (Å²) in [6, 6.07) is 15.4. The van der Waals surface area contributed by atoms with Gasteiger partial charge in [-0.3, -0.25) is 0 Å². The molecular formula is C16H14BrNO2. The normalized spacial score (nSPS) is 17.1. The third-order valence-corrected chi connectivity index (χ3v) is 4.11. The number of rotatable bonds is 3. The molecule has 0 saturated carbocycles. The molecule has 2 aromatic carbocycles. The van der Waals surface area contributed by atoms with Crippen LogP contribution < -0.4 is 4.90 Å². The molecule has 1 unspecified atom stereocenters. The van der Waals surface area contributed by atoms with Crippen molar-refractivity contribution in [1.82, 2.24) is 0 Å². The summed E-state index contributed by atoms with van der Waals surface area (Å²) < 4.78 is 1.01. The number of aliphatic carboxylic acids is 1. The van der Waals surface area contributed by atoms with Crippen molar-refractivity contribution in [3.05, 3.63) is 64.1 Å². The third-order valence-electron chi connectivity index (χ3n) is 3.62. The lowest BCUT2D eigenvalue weighted by molar-refractivity contribution is -0.138. The Hall–Kier alpha value is -1.81. The predicted octanol–water partition coefficient (Wildman–Crippen LogP) is 3.47. The van der Waals surface area contributed by atoms with E-state index >= 15 is 0 Å². The minimum atomic E-state index is -0.767. The smallest absolute Gasteiger partial charge is 0.326 e. The Bertz CT molecular complexity index is 656. The largest absolute Gasteiger partial charge is 0.480 e. The Morgan fingerprint density at radius 2 is 2.05 bits per heavy atom. The monoisotopic (exact) mass is 331 g/mol. The SMILES string of the molecule is O=C(O)C1Cc2ccccc2N1Cc1cccc(Br)c1. The molecule has 0 amide bonds. The highest BCUT2D eigenvalue weighted by molar-refractivity contribution is 9.10. The fourth-order valence-electron chi connectivity index (χ4n) is 2.70. The first-order chi connectivity index (χ1) is 9.65. The summed E-state index contributed by atoms with van der Waals surface area (Å²) in [5.41, 5.74) is 3.23. The van der Waals surface area contributed by atoms with Crippen LogP contribution in [0.5, 0.6) is 0 Å². The van der Waals surface area contributed by atoms with Crippen molar-refractivity contribution in [2.45, 2.75) is 19.0 Å². The molecule has 0 aromatic heterocycles. The number of fused-ring (bicyclic) bond motifs is 1. The maximum absolute atomic E-state index is 11.5. The number of nitrogens with zero attached hydrogens (tertiary/aromatic N) is 1. The lowest BCUT2D eigenvalue weighted by Crippen LogP contribution is -2.38. The number of carboxylic acid groups (broad SMARTS) is 1. The summed E-state index contributed by atoms with van der Waals surface area (Å²) in [6.07, 6.45) is 0.569. The number of benzene rings is 2. The molecule has 0 fully saturated rings. The molecule has 0 saturated heterocycles. The maximum atomic E-state index is 11.5. The molecule has 1 heterocycles. The van der Waals surface area contributed by atoms with Crippen molar-refractivity contribution in [2.75, 3.05) is 4.90 Å². The molecule has 0 radical (unpaired) electrons. The molecule has 1 N–H and O–H groups in total. The topological polar surface area (TPSA) is 40.5 Å². The maximum Gasteiger partial charge on any atom is 0.326 e. The molecule has 1 atom stereocenters. The Labute approximate surface area is 126 Å². The Kier molecular flexibility index (Phi) is 3.49. The molecule has 1 aliphatic rings. The predicted molar refractivity (Wildman–Crippen MR) is 81.9 cm³/mol. The Morgan fingerprint density at radius 3 is 2.80 bits per heavy atom. The molecule has 0 aliphatic carbocycles. The quantitative estimate of drug-likeness (QED) is 0.936. The minimum Gasteiger partial charge on any atom is -0.480 e. The van der Waals surface area contributed by atoms with E-state index < -0.39 is 12.0 Å². The van der Waals surface area contributed by atoms with Crippen LogP contribution in [0.4, 0.5) is 5.69 Å². The third kappa shape index (κ3) is 2.43. The van der Waals surface area contributed by atoms with Crippen molar-refractivity contribution in [3.8, 4) is 0 Å². The van der Waals surface area contributed by atoms with Gasteiger partial charge in [0.25, 0.3) is 0 Å². The molecular weight excluding hydrogens is 318 g/mol. The van der Waals surface area contributed by atoms with Gasteiger partial charge >= 0.3 is 5.97 Å². The molecule has 0 bridgehead atoms. The summed E-state index contributed by atoms with van der Waals surface area (Å²) in [4.78, 5) is 13.5. The summed E-state index contributed by atoms with van der Waals surface area (Å²) in [5, 5.41) is 9.44. The van der Waals surface area contributed by atoms with Crippen LogP contribution >= 0.6 is 15.9 Å². The van der Waals surface area contributed by atoms with Gasteiger partial charge in [-0.15, -0.1) is 0 Å². The van der Waals surface area contributed by atoms with E-state index in [4.69, 9.17) is 0 Å². The van der Waals surface area contributed by atoms with Crippen molar-refractivity contribution in [1.29, 1.82) is 0 Å². The lowest BCUT2D eigenvalue weighted by Gasteiger charge is -2.25. The lowest BCUT2D eigenvalue weighted by atomic mass is 10.1. The summed E-state index contributed by atoms with van der Waals surface area (Å²) >= 11 is 3.45. The first kappa shape index (κ1) is 13.2. The Balaban J connectivity index is 1.94. The van der Waals surface area contributed by atoms with Crippen molar-refractivity contribution in [3.63, 3.8) is 0 Å². The number of hydrogen-bond donors (Lipinski definition) is 1. The highest BCUT2D eigenvalue weighted by Crippen LogP contribution is 2.33. The number of halogens is 1. The second kappa shape index (κ2) is 5.29. The van der Waals surface area contributed by atoms with Crippen LogP contribution in [-0.4, -0.2) is 17.1 Å². The van der Waals surface area contributed by atoms with Gasteiger partial charge in [-0.25, -0.2) is 4.79 Å². The number of carbonyl (C=O) groups is 1. The van der Waals surface area contributed by atoms with Gasteiger partial charge < -0.3 is 10.0 Å². The van der Waals surface area contributed by atoms with Gasteiger partial charge in [0.1, 0.15) is 6.04 Å². The van der Waals surface area contributed by atoms with Crippen molar-refractivity contribution >= 4 is 27.6 Å². The van der Waals surface area contributed by atoms with Crippen LogP contribution in [0.2, 0.25) is 0 Å². The van der Waals surface area contributed by atoms with E-state index in [0.717, 1.165) is 21.3 Å². The molecule has 3 rings (SSSR count). The fourth-order valence-corrected chi connectivity index (χ4v) is 3.14. The average Bonchev–Trinajstić information content (AvgIpc) is 2.78. The van der Waals surface area contributed by atoms with Crippen LogP contribution in [0.15, 0.2) is 53.0 Å². The van der Waals surface area contributed by atoms with E-state index in [9.17, 15) is 9.90 Å². The van der Waals surface area contributed by atoms with Gasteiger partial charge in [-0.05, 0) is 29.3 Å². The zero-order valence-electron chi connectivity index (χ0n) is 10.8. The van der Waals surface area contributed by atoms with Crippen LogP contribution in [0.1, 0.15) is 11.1 Å². The number of anilines is 1. The van der Waals surface area contributed by atoms with Crippen molar-refractivity contribution in [2.24, 2.45) is 0 Å². The number of carboxylic acids is 1. The fraction of sp³-hybridized carbons (Fsp3) is 0.188. The highest BCUT2D eigenvalue weighted by Gasteiger charge is 2.33. The van der Waals surface area contributed by atoms with Crippen LogP contribution in [0, 0.1) is 0 Å². The summed E-state index contributed by atoms with van der Waals surface area (Å²) in [5.74, 6) is -0.767.